The molecule has 1 aliphatic carbocycles. The molecule has 0 saturated heterocycles. The average molecular weight is 292 g/mol. The zero-order valence-corrected chi connectivity index (χ0v) is 12.5. The fraction of sp³-hybridized carbons (Fsp3) is 0.562. The molecule has 0 radical (unpaired) electrons. The second-order valence-electron chi connectivity index (χ2n) is 5.57. The molecule has 116 valence electrons. The van der Waals surface area contributed by atoms with Gasteiger partial charge in [0.2, 0.25) is 0 Å². The molecule has 1 amide bonds. The van der Waals surface area contributed by atoms with Crippen LogP contribution in [0, 0.1) is 0 Å². The summed E-state index contributed by atoms with van der Waals surface area (Å²) in [6.07, 6.45) is 2.91. The summed E-state index contributed by atoms with van der Waals surface area (Å²) in [5, 5.41) is 15.9. The van der Waals surface area contributed by atoms with E-state index in [1.807, 2.05) is 31.2 Å². The predicted octanol–water partition coefficient (Wildman–Crippen LogP) is 1.21. The van der Waals surface area contributed by atoms with Crippen LogP contribution in [0.25, 0.3) is 0 Å². The molecular formula is C16H24N2O3. The Morgan fingerprint density at radius 1 is 1.33 bits per heavy atom. The summed E-state index contributed by atoms with van der Waals surface area (Å²) in [6.45, 7) is 3.89. The van der Waals surface area contributed by atoms with Crippen molar-refractivity contribution in [1.82, 2.24) is 10.6 Å². The van der Waals surface area contributed by atoms with Crippen molar-refractivity contribution in [3.63, 3.8) is 0 Å². The van der Waals surface area contributed by atoms with Crippen LogP contribution in [0.3, 0.4) is 0 Å². The number of aliphatic hydroxyl groups is 1. The minimum atomic E-state index is -0.490. The lowest BCUT2D eigenvalue weighted by molar-refractivity contribution is -0.122. The van der Waals surface area contributed by atoms with Crippen molar-refractivity contribution >= 4 is 5.91 Å². The van der Waals surface area contributed by atoms with Crippen molar-refractivity contribution in [3.05, 3.63) is 29.8 Å². The SMILES string of the molecule is CCNC(=O)COc1ccc(CNCC2(O)CCC2)cc1. The first-order valence-corrected chi connectivity index (χ1v) is 7.53. The van der Waals surface area contributed by atoms with E-state index in [2.05, 4.69) is 10.6 Å². The number of nitrogens with one attached hydrogen (secondary N) is 2. The third-order valence-electron chi connectivity index (χ3n) is 3.73. The van der Waals surface area contributed by atoms with Gasteiger partial charge in [-0.2, -0.15) is 0 Å². The number of benzene rings is 1. The third kappa shape index (κ3) is 5.02. The Balaban J connectivity index is 1.70. The van der Waals surface area contributed by atoms with Crippen molar-refractivity contribution in [2.45, 2.75) is 38.3 Å². The number of hydrogen-bond donors (Lipinski definition) is 3. The van der Waals surface area contributed by atoms with E-state index < -0.39 is 5.60 Å². The van der Waals surface area contributed by atoms with Gasteiger partial charge in [0.1, 0.15) is 5.75 Å². The number of likely N-dealkylation sites (N-methyl/N-ethyl adjacent to an activating group) is 1. The fourth-order valence-corrected chi connectivity index (χ4v) is 2.30. The van der Waals surface area contributed by atoms with Crippen molar-refractivity contribution in [1.29, 1.82) is 0 Å². The first kappa shape index (κ1) is 15.8. The minimum Gasteiger partial charge on any atom is -0.484 e. The van der Waals surface area contributed by atoms with Gasteiger partial charge in [-0.15, -0.1) is 0 Å². The van der Waals surface area contributed by atoms with E-state index in [9.17, 15) is 9.90 Å². The first-order valence-electron chi connectivity index (χ1n) is 7.53. The lowest BCUT2D eigenvalue weighted by Gasteiger charge is -2.36. The van der Waals surface area contributed by atoms with Gasteiger partial charge in [0.25, 0.3) is 5.91 Å². The van der Waals surface area contributed by atoms with E-state index in [-0.39, 0.29) is 12.5 Å². The minimum absolute atomic E-state index is 0.0401. The van der Waals surface area contributed by atoms with Gasteiger partial charge in [0.05, 0.1) is 5.60 Å². The molecule has 5 heteroatoms. The van der Waals surface area contributed by atoms with Crippen LogP contribution < -0.4 is 15.4 Å². The highest BCUT2D eigenvalue weighted by Crippen LogP contribution is 2.30. The number of carbonyl (C=O) groups is 1. The summed E-state index contributed by atoms with van der Waals surface area (Å²) in [5.41, 5.74) is 0.638. The maximum absolute atomic E-state index is 11.3. The van der Waals surface area contributed by atoms with Crippen LogP contribution in [0.5, 0.6) is 5.75 Å². The van der Waals surface area contributed by atoms with Gasteiger partial charge in [0, 0.05) is 19.6 Å². The quantitative estimate of drug-likeness (QED) is 0.673. The van der Waals surface area contributed by atoms with Gasteiger partial charge >= 0.3 is 0 Å². The van der Waals surface area contributed by atoms with Crippen LogP contribution in [0.15, 0.2) is 24.3 Å². The molecule has 0 heterocycles. The first-order chi connectivity index (χ1) is 10.1. The van der Waals surface area contributed by atoms with E-state index in [1.54, 1.807) is 0 Å². The van der Waals surface area contributed by atoms with Crippen molar-refractivity contribution in [2.24, 2.45) is 0 Å². The van der Waals surface area contributed by atoms with Crippen LogP contribution in [0.2, 0.25) is 0 Å². The van der Waals surface area contributed by atoms with Crippen molar-refractivity contribution in [2.75, 3.05) is 19.7 Å². The van der Waals surface area contributed by atoms with Crippen LogP contribution in [0.4, 0.5) is 0 Å². The second-order valence-corrected chi connectivity index (χ2v) is 5.57. The molecule has 0 aliphatic heterocycles. The van der Waals surface area contributed by atoms with E-state index in [1.165, 1.54) is 0 Å². The summed E-state index contributed by atoms with van der Waals surface area (Å²) in [7, 11) is 0. The monoisotopic (exact) mass is 292 g/mol. The zero-order chi connectivity index (χ0) is 15.1. The lowest BCUT2D eigenvalue weighted by Crippen LogP contribution is -2.45. The van der Waals surface area contributed by atoms with E-state index in [0.717, 1.165) is 31.4 Å². The highest BCUT2D eigenvalue weighted by Gasteiger charge is 2.33. The summed E-state index contributed by atoms with van der Waals surface area (Å²) >= 11 is 0. The molecule has 1 saturated carbocycles. The Morgan fingerprint density at radius 2 is 2.05 bits per heavy atom. The Labute approximate surface area is 125 Å². The van der Waals surface area contributed by atoms with Gasteiger partial charge in [0.15, 0.2) is 6.61 Å². The molecule has 5 nitrogen and oxygen atoms in total. The van der Waals surface area contributed by atoms with E-state index in [4.69, 9.17) is 4.74 Å². The van der Waals surface area contributed by atoms with Crippen LogP contribution in [0.1, 0.15) is 31.7 Å². The number of hydrogen-bond acceptors (Lipinski definition) is 4. The molecule has 0 unspecified atom stereocenters. The van der Waals surface area contributed by atoms with Gasteiger partial charge in [-0.3, -0.25) is 4.79 Å². The third-order valence-corrected chi connectivity index (χ3v) is 3.73. The van der Waals surface area contributed by atoms with Crippen LogP contribution >= 0.6 is 0 Å². The number of amides is 1. The molecular weight excluding hydrogens is 268 g/mol. The molecule has 0 aromatic heterocycles. The Hall–Kier alpha value is -1.59. The van der Waals surface area contributed by atoms with Crippen LogP contribution in [-0.4, -0.2) is 36.3 Å². The molecule has 3 N–H and O–H groups in total. The smallest absolute Gasteiger partial charge is 0.257 e. The largest absolute Gasteiger partial charge is 0.484 e. The number of carbonyl (C=O) groups excluding carboxylic acids is 1. The average Bonchev–Trinajstić information content (AvgIpc) is 2.45. The standard InChI is InChI=1S/C16H24N2O3/c1-2-18-15(19)11-21-14-6-4-13(5-7-14)10-17-12-16(20)8-3-9-16/h4-7,17,20H,2-3,8-12H2,1H3,(H,18,19). The summed E-state index contributed by atoms with van der Waals surface area (Å²) in [6, 6.07) is 7.64. The second kappa shape index (κ2) is 7.43. The lowest BCUT2D eigenvalue weighted by atomic mass is 9.80. The van der Waals surface area contributed by atoms with Gasteiger partial charge in [-0.05, 0) is 43.9 Å². The molecule has 0 spiro atoms. The number of rotatable bonds is 8. The molecule has 0 atom stereocenters. The molecule has 2 rings (SSSR count). The van der Waals surface area contributed by atoms with Crippen molar-refractivity contribution < 1.29 is 14.6 Å². The molecule has 1 aromatic carbocycles. The van der Waals surface area contributed by atoms with Gasteiger partial charge in [-0.1, -0.05) is 12.1 Å². The highest BCUT2D eigenvalue weighted by atomic mass is 16.5. The Morgan fingerprint density at radius 3 is 2.62 bits per heavy atom. The van der Waals surface area contributed by atoms with Crippen LogP contribution in [-0.2, 0) is 11.3 Å². The molecule has 1 aliphatic rings. The maximum atomic E-state index is 11.3. The predicted molar refractivity (Wildman–Crippen MR) is 81.1 cm³/mol. The molecule has 1 aromatic rings. The van der Waals surface area contributed by atoms with Gasteiger partial charge < -0.3 is 20.5 Å². The fourth-order valence-electron chi connectivity index (χ4n) is 2.30. The summed E-state index contributed by atoms with van der Waals surface area (Å²) in [5.74, 6) is 0.569. The normalized spacial score (nSPS) is 16.1. The molecule has 1 fully saturated rings. The maximum Gasteiger partial charge on any atom is 0.257 e. The molecule has 0 bridgehead atoms. The number of ether oxygens (including phenoxy) is 1. The summed E-state index contributed by atoms with van der Waals surface area (Å²) in [4.78, 5) is 11.3. The van der Waals surface area contributed by atoms with E-state index in [0.29, 0.717) is 18.8 Å². The summed E-state index contributed by atoms with van der Waals surface area (Å²) < 4.78 is 5.39. The Bertz CT molecular complexity index is 455. The molecule has 21 heavy (non-hydrogen) atoms. The Kier molecular flexibility index (Phi) is 5.59. The van der Waals surface area contributed by atoms with Gasteiger partial charge in [-0.25, -0.2) is 0 Å². The van der Waals surface area contributed by atoms with Crippen molar-refractivity contribution in [3.8, 4) is 5.75 Å². The zero-order valence-electron chi connectivity index (χ0n) is 12.5. The van der Waals surface area contributed by atoms with E-state index >= 15 is 0 Å². The topological polar surface area (TPSA) is 70.6 Å². The highest BCUT2D eigenvalue weighted by molar-refractivity contribution is 5.77.